The number of hydrogen-bond acceptors (Lipinski definition) is 4. The SMILES string of the molecule is COCCCC(N)c1nc2cc(F)cc(Cl)c2o1. The molecular weight excluding hydrogens is 259 g/mol. The summed E-state index contributed by atoms with van der Waals surface area (Å²) in [6, 6.07) is 2.12. The normalized spacial score (nSPS) is 13.1. The number of oxazole rings is 1. The average Bonchev–Trinajstić information content (AvgIpc) is 2.73. The molecule has 0 saturated heterocycles. The lowest BCUT2D eigenvalue weighted by Gasteiger charge is -2.05. The van der Waals surface area contributed by atoms with Crippen LogP contribution in [0.1, 0.15) is 24.8 Å². The van der Waals surface area contributed by atoms with Crippen molar-refractivity contribution in [2.75, 3.05) is 13.7 Å². The van der Waals surface area contributed by atoms with E-state index in [4.69, 9.17) is 26.5 Å². The molecule has 6 heteroatoms. The molecule has 1 atom stereocenters. The van der Waals surface area contributed by atoms with Gasteiger partial charge in [0.15, 0.2) is 5.58 Å². The Morgan fingerprint density at radius 1 is 1.56 bits per heavy atom. The van der Waals surface area contributed by atoms with Crippen molar-refractivity contribution < 1.29 is 13.5 Å². The quantitative estimate of drug-likeness (QED) is 0.850. The minimum atomic E-state index is -0.444. The molecule has 2 rings (SSSR count). The lowest BCUT2D eigenvalue weighted by atomic mass is 10.2. The fourth-order valence-electron chi connectivity index (χ4n) is 1.71. The van der Waals surface area contributed by atoms with E-state index >= 15 is 0 Å². The zero-order valence-corrected chi connectivity index (χ0v) is 10.7. The fourth-order valence-corrected chi connectivity index (χ4v) is 1.95. The predicted octanol–water partition coefficient (Wildman–Crippen LogP) is 3.05. The third-order valence-corrected chi connectivity index (χ3v) is 2.89. The Morgan fingerprint density at radius 3 is 3.06 bits per heavy atom. The van der Waals surface area contributed by atoms with E-state index in [0.717, 1.165) is 6.42 Å². The summed E-state index contributed by atoms with van der Waals surface area (Å²) in [5, 5.41) is 0.202. The first-order valence-electron chi connectivity index (χ1n) is 5.62. The monoisotopic (exact) mass is 272 g/mol. The summed E-state index contributed by atoms with van der Waals surface area (Å²) in [5.41, 5.74) is 6.70. The van der Waals surface area contributed by atoms with Gasteiger partial charge in [0.2, 0.25) is 5.89 Å². The van der Waals surface area contributed by atoms with E-state index in [2.05, 4.69) is 4.98 Å². The Hall–Kier alpha value is -1.17. The molecule has 1 aromatic heterocycles. The van der Waals surface area contributed by atoms with Crippen LogP contribution in [0.3, 0.4) is 0 Å². The van der Waals surface area contributed by atoms with Gasteiger partial charge in [-0.25, -0.2) is 9.37 Å². The molecule has 0 fully saturated rings. The third-order valence-electron chi connectivity index (χ3n) is 2.61. The first kappa shape index (κ1) is 13.3. The molecule has 1 unspecified atom stereocenters. The summed E-state index contributed by atoms with van der Waals surface area (Å²) in [4.78, 5) is 4.16. The lowest BCUT2D eigenvalue weighted by molar-refractivity contribution is 0.189. The minimum absolute atomic E-state index is 0.202. The van der Waals surface area contributed by atoms with Gasteiger partial charge in [-0.05, 0) is 18.9 Å². The van der Waals surface area contributed by atoms with Crippen LogP contribution in [0.15, 0.2) is 16.5 Å². The van der Waals surface area contributed by atoms with E-state index in [9.17, 15) is 4.39 Å². The summed E-state index contributed by atoms with van der Waals surface area (Å²) in [6.07, 6.45) is 1.49. The van der Waals surface area contributed by atoms with Gasteiger partial charge >= 0.3 is 0 Å². The van der Waals surface area contributed by atoms with Crippen molar-refractivity contribution >= 4 is 22.7 Å². The van der Waals surface area contributed by atoms with Crippen molar-refractivity contribution in [2.24, 2.45) is 5.73 Å². The Balaban J connectivity index is 2.21. The topological polar surface area (TPSA) is 61.3 Å². The first-order chi connectivity index (χ1) is 8.61. The van der Waals surface area contributed by atoms with Crippen molar-refractivity contribution in [3.63, 3.8) is 0 Å². The molecule has 0 radical (unpaired) electrons. The van der Waals surface area contributed by atoms with E-state index in [-0.39, 0.29) is 11.1 Å². The number of fused-ring (bicyclic) bond motifs is 1. The molecule has 1 heterocycles. The van der Waals surface area contributed by atoms with E-state index in [1.165, 1.54) is 12.1 Å². The second-order valence-electron chi connectivity index (χ2n) is 4.03. The van der Waals surface area contributed by atoms with Gasteiger partial charge in [0.1, 0.15) is 11.3 Å². The van der Waals surface area contributed by atoms with Crippen LogP contribution in [0.2, 0.25) is 5.02 Å². The summed E-state index contributed by atoms with van der Waals surface area (Å²) in [5.74, 6) is -0.0751. The second-order valence-corrected chi connectivity index (χ2v) is 4.44. The molecule has 0 aliphatic rings. The molecule has 4 nitrogen and oxygen atoms in total. The van der Waals surface area contributed by atoms with Crippen LogP contribution in [-0.2, 0) is 4.74 Å². The zero-order valence-electron chi connectivity index (χ0n) is 9.95. The maximum absolute atomic E-state index is 13.1. The summed E-state index contributed by atoms with van der Waals surface area (Å²) >= 11 is 5.87. The van der Waals surface area contributed by atoms with Gasteiger partial charge in [0, 0.05) is 19.8 Å². The largest absolute Gasteiger partial charge is 0.437 e. The van der Waals surface area contributed by atoms with Gasteiger partial charge in [-0.3, -0.25) is 0 Å². The molecule has 0 saturated carbocycles. The van der Waals surface area contributed by atoms with Crippen molar-refractivity contribution in [1.82, 2.24) is 4.98 Å². The molecule has 18 heavy (non-hydrogen) atoms. The summed E-state index contributed by atoms with van der Waals surface area (Å²) in [7, 11) is 1.63. The molecule has 2 N–H and O–H groups in total. The minimum Gasteiger partial charge on any atom is -0.437 e. The van der Waals surface area contributed by atoms with Gasteiger partial charge in [0.05, 0.1) is 11.1 Å². The molecule has 0 spiro atoms. The number of benzene rings is 1. The van der Waals surface area contributed by atoms with Gasteiger partial charge in [-0.1, -0.05) is 11.6 Å². The van der Waals surface area contributed by atoms with Crippen LogP contribution in [0.5, 0.6) is 0 Å². The van der Waals surface area contributed by atoms with E-state index < -0.39 is 5.82 Å². The van der Waals surface area contributed by atoms with Crippen molar-refractivity contribution in [1.29, 1.82) is 0 Å². The Morgan fingerprint density at radius 2 is 2.33 bits per heavy atom. The number of ether oxygens (including phenoxy) is 1. The Bertz CT molecular complexity index is 544. The van der Waals surface area contributed by atoms with Crippen molar-refractivity contribution in [3.8, 4) is 0 Å². The number of hydrogen-bond donors (Lipinski definition) is 1. The standard InChI is InChI=1S/C12H14ClFN2O2/c1-17-4-2-3-9(15)12-16-10-6-7(14)5-8(13)11(10)18-12/h5-6,9H,2-4,15H2,1H3. The van der Waals surface area contributed by atoms with E-state index in [1.54, 1.807) is 7.11 Å². The molecule has 98 valence electrons. The number of nitrogens with two attached hydrogens (primary N) is 1. The highest BCUT2D eigenvalue weighted by Gasteiger charge is 2.16. The number of halogens is 2. The molecule has 1 aromatic carbocycles. The lowest BCUT2D eigenvalue weighted by Crippen LogP contribution is -2.11. The highest BCUT2D eigenvalue weighted by Crippen LogP contribution is 2.28. The number of rotatable bonds is 5. The number of methoxy groups -OCH3 is 1. The number of nitrogens with zero attached hydrogens (tertiary/aromatic N) is 1. The smallest absolute Gasteiger partial charge is 0.212 e. The molecule has 2 aromatic rings. The van der Waals surface area contributed by atoms with Crippen LogP contribution in [-0.4, -0.2) is 18.7 Å². The summed E-state index contributed by atoms with van der Waals surface area (Å²) in [6.45, 7) is 0.628. The average molecular weight is 273 g/mol. The first-order valence-corrected chi connectivity index (χ1v) is 5.99. The molecule has 0 bridgehead atoms. The van der Waals surface area contributed by atoms with Gasteiger partial charge in [0.25, 0.3) is 0 Å². The molecule has 0 aliphatic carbocycles. The highest BCUT2D eigenvalue weighted by atomic mass is 35.5. The highest BCUT2D eigenvalue weighted by molar-refractivity contribution is 6.34. The van der Waals surface area contributed by atoms with Crippen LogP contribution in [0.25, 0.3) is 11.1 Å². The van der Waals surface area contributed by atoms with Crippen molar-refractivity contribution in [2.45, 2.75) is 18.9 Å². The van der Waals surface area contributed by atoms with Crippen LogP contribution in [0, 0.1) is 5.82 Å². The van der Waals surface area contributed by atoms with Crippen molar-refractivity contribution in [3.05, 3.63) is 28.9 Å². The number of aromatic nitrogens is 1. The third kappa shape index (κ3) is 2.80. The molecular formula is C12H14ClFN2O2. The fraction of sp³-hybridized carbons (Fsp3) is 0.417. The summed E-state index contributed by atoms with van der Waals surface area (Å²) < 4.78 is 23.6. The van der Waals surface area contributed by atoms with E-state index in [0.29, 0.717) is 30.0 Å². The second kappa shape index (κ2) is 5.65. The molecule has 0 amide bonds. The predicted molar refractivity (Wildman–Crippen MR) is 67.0 cm³/mol. The van der Waals surface area contributed by atoms with Gasteiger partial charge in [-0.15, -0.1) is 0 Å². The van der Waals surface area contributed by atoms with Gasteiger partial charge in [-0.2, -0.15) is 0 Å². The van der Waals surface area contributed by atoms with E-state index in [1.807, 2.05) is 0 Å². The maximum atomic E-state index is 13.1. The van der Waals surface area contributed by atoms with Crippen LogP contribution in [0.4, 0.5) is 4.39 Å². The van der Waals surface area contributed by atoms with Crippen LogP contribution < -0.4 is 5.73 Å². The van der Waals surface area contributed by atoms with Gasteiger partial charge < -0.3 is 14.9 Å². The Kier molecular flexibility index (Phi) is 4.16. The molecule has 0 aliphatic heterocycles. The maximum Gasteiger partial charge on any atom is 0.212 e. The zero-order chi connectivity index (χ0) is 13.1. The van der Waals surface area contributed by atoms with Crippen LogP contribution >= 0.6 is 11.6 Å². The Labute approximate surface area is 109 Å².